The van der Waals surface area contributed by atoms with Crippen molar-refractivity contribution < 1.29 is 8.42 Å². The van der Waals surface area contributed by atoms with Gasteiger partial charge in [0.15, 0.2) is 0 Å². The van der Waals surface area contributed by atoms with E-state index in [9.17, 15) is 8.42 Å². The van der Waals surface area contributed by atoms with Crippen molar-refractivity contribution in [2.45, 2.75) is 30.2 Å². The van der Waals surface area contributed by atoms with Gasteiger partial charge >= 0.3 is 0 Å². The Hall–Kier alpha value is 0.150. The number of hydrogen-bond donors (Lipinski definition) is 2. The van der Waals surface area contributed by atoms with Crippen molar-refractivity contribution in [2.24, 2.45) is 0 Å². The maximum Gasteiger partial charge on any atom is 0.243 e. The fraction of sp³-hybridized carbons (Fsp3) is 0.500. The van der Waals surface area contributed by atoms with Gasteiger partial charge in [0.25, 0.3) is 0 Å². The van der Waals surface area contributed by atoms with Crippen LogP contribution in [0.15, 0.2) is 21.5 Å². The molecule has 1 aromatic carbocycles. The lowest BCUT2D eigenvalue weighted by atomic mass is 10.1. The van der Waals surface area contributed by atoms with Gasteiger partial charge in [0.05, 0.1) is 10.0 Å². The van der Waals surface area contributed by atoms with Crippen LogP contribution in [0.5, 0.6) is 0 Å². The predicted molar refractivity (Wildman–Crippen MR) is 85.0 cm³/mol. The van der Waals surface area contributed by atoms with Crippen molar-refractivity contribution in [1.82, 2.24) is 10.0 Å². The SMILES string of the molecule is O=S(=O)(NC1CCCNCC1)c1c(Cl)cc(Br)cc1Cl. The summed E-state index contributed by atoms with van der Waals surface area (Å²) in [7, 11) is -3.72. The Morgan fingerprint density at radius 2 is 1.85 bits per heavy atom. The molecule has 2 rings (SSSR count). The summed E-state index contributed by atoms with van der Waals surface area (Å²) < 4.78 is 28.2. The molecule has 1 aliphatic heterocycles. The van der Waals surface area contributed by atoms with Crippen LogP contribution in [0.25, 0.3) is 0 Å². The van der Waals surface area contributed by atoms with Gasteiger partial charge in [0.1, 0.15) is 4.90 Å². The van der Waals surface area contributed by atoms with Crippen LogP contribution < -0.4 is 10.0 Å². The topological polar surface area (TPSA) is 58.2 Å². The minimum absolute atomic E-state index is 0.0544. The molecule has 1 aliphatic rings. The molecule has 0 spiro atoms. The van der Waals surface area contributed by atoms with Crippen LogP contribution in [-0.4, -0.2) is 27.5 Å². The Morgan fingerprint density at radius 3 is 2.50 bits per heavy atom. The molecule has 1 heterocycles. The van der Waals surface area contributed by atoms with Gasteiger partial charge in [0.2, 0.25) is 10.0 Å². The minimum atomic E-state index is -3.72. The first kappa shape index (κ1) is 16.5. The van der Waals surface area contributed by atoms with E-state index in [2.05, 4.69) is 26.0 Å². The van der Waals surface area contributed by atoms with Crippen molar-refractivity contribution in [1.29, 1.82) is 0 Å². The second kappa shape index (κ2) is 6.94. The van der Waals surface area contributed by atoms with Crippen LogP contribution in [0.4, 0.5) is 0 Å². The van der Waals surface area contributed by atoms with Crippen molar-refractivity contribution in [3.8, 4) is 0 Å². The lowest BCUT2D eigenvalue weighted by molar-refractivity contribution is 0.518. The molecule has 1 aromatic rings. The van der Waals surface area contributed by atoms with Gasteiger partial charge in [-0.15, -0.1) is 0 Å². The molecule has 1 atom stereocenters. The first-order chi connectivity index (χ1) is 9.40. The molecule has 112 valence electrons. The molecule has 1 unspecified atom stereocenters. The van der Waals surface area contributed by atoms with Crippen LogP contribution in [0, 0.1) is 0 Å². The summed E-state index contributed by atoms with van der Waals surface area (Å²) in [5.41, 5.74) is 0. The number of halogens is 3. The fourth-order valence-electron chi connectivity index (χ4n) is 2.20. The van der Waals surface area contributed by atoms with Crippen molar-refractivity contribution in [2.75, 3.05) is 13.1 Å². The minimum Gasteiger partial charge on any atom is -0.317 e. The normalized spacial score (nSPS) is 20.6. The number of hydrogen-bond acceptors (Lipinski definition) is 3. The lowest BCUT2D eigenvalue weighted by Gasteiger charge is -2.17. The zero-order valence-corrected chi connectivity index (χ0v) is 14.5. The quantitative estimate of drug-likeness (QED) is 0.817. The summed E-state index contributed by atoms with van der Waals surface area (Å²) in [4.78, 5) is -0.0544. The van der Waals surface area contributed by atoms with E-state index in [1.807, 2.05) is 0 Å². The molecule has 0 aliphatic carbocycles. The van der Waals surface area contributed by atoms with Crippen LogP contribution in [-0.2, 0) is 10.0 Å². The number of benzene rings is 1. The highest BCUT2D eigenvalue weighted by Crippen LogP contribution is 2.33. The third-order valence-corrected chi connectivity index (χ3v) is 6.03. The van der Waals surface area contributed by atoms with Gasteiger partial charge in [0, 0.05) is 10.5 Å². The summed E-state index contributed by atoms with van der Waals surface area (Å²) >= 11 is 15.3. The van der Waals surface area contributed by atoms with Crippen molar-refractivity contribution >= 4 is 49.2 Å². The van der Waals surface area contributed by atoms with Gasteiger partial charge < -0.3 is 5.32 Å². The van der Waals surface area contributed by atoms with Crippen LogP contribution in [0.2, 0.25) is 10.0 Å². The highest BCUT2D eigenvalue weighted by Gasteiger charge is 2.26. The maximum atomic E-state index is 12.4. The zero-order chi connectivity index (χ0) is 14.8. The molecule has 1 saturated heterocycles. The van der Waals surface area contributed by atoms with Crippen LogP contribution in [0.3, 0.4) is 0 Å². The van der Waals surface area contributed by atoms with E-state index in [1.165, 1.54) is 12.1 Å². The van der Waals surface area contributed by atoms with E-state index in [4.69, 9.17) is 23.2 Å². The Kier molecular flexibility index (Phi) is 5.73. The van der Waals surface area contributed by atoms with Gasteiger partial charge in [-0.25, -0.2) is 13.1 Å². The third kappa shape index (κ3) is 4.08. The largest absolute Gasteiger partial charge is 0.317 e. The summed E-state index contributed by atoms with van der Waals surface area (Å²) in [6.45, 7) is 1.72. The van der Waals surface area contributed by atoms with E-state index >= 15 is 0 Å². The number of nitrogens with one attached hydrogen (secondary N) is 2. The van der Waals surface area contributed by atoms with Crippen molar-refractivity contribution in [3.05, 3.63) is 26.7 Å². The first-order valence-corrected chi connectivity index (χ1v) is 9.31. The first-order valence-electron chi connectivity index (χ1n) is 6.28. The Balaban J connectivity index is 2.26. The van der Waals surface area contributed by atoms with Gasteiger partial charge in [-0.3, -0.25) is 0 Å². The van der Waals surface area contributed by atoms with Crippen molar-refractivity contribution in [3.63, 3.8) is 0 Å². The zero-order valence-electron chi connectivity index (χ0n) is 10.6. The predicted octanol–water partition coefficient (Wildman–Crippen LogP) is 3.18. The summed E-state index contributed by atoms with van der Waals surface area (Å²) in [5, 5.41) is 3.47. The average Bonchev–Trinajstić information content (AvgIpc) is 2.54. The number of rotatable bonds is 3. The smallest absolute Gasteiger partial charge is 0.243 e. The lowest BCUT2D eigenvalue weighted by Crippen LogP contribution is -2.35. The standard InChI is InChI=1S/C12H15BrCl2N2O2S/c13-8-6-10(14)12(11(15)7-8)20(18,19)17-9-2-1-4-16-5-3-9/h6-7,9,16-17H,1-5H2. The Morgan fingerprint density at radius 1 is 1.20 bits per heavy atom. The van der Waals surface area contributed by atoms with Gasteiger partial charge in [-0.1, -0.05) is 39.1 Å². The second-order valence-corrected chi connectivity index (χ2v) is 8.08. The highest BCUT2D eigenvalue weighted by molar-refractivity contribution is 9.10. The van der Waals surface area contributed by atoms with E-state index in [0.717, 1.165) is 32.4 Å². The highest BCUT2D eigenvalue weighted by atomic mass is 79.9. The average molecular weight is 402 g/mol. The van der Waals surface area contributed by atoms with E-state index < -0.39 is 10.0 Å². The van der Waals surface area contributed by atoms with E-state index in [-0.39, 0.29) is 21.0 Å². The van der Waals surface area contributed by atoms with Crippen LogP contribution >= 0.6 is 39.1 Å². The molecule has 8 heteroatoms. The van der Waals surface area contributed by atoms with E-state index in [1.54, 1.807) is 0 Å². The Labute approximate surface area is 137 Å². The molecule has 0 bridgehead atoms. The molecule has 2 N–H and O–H groups in total. The molecule has 0 radical (unpaired) electrons. The molecule has 0 aromatic heterocycles. The van der Waals surface area contributed by atoms with Crippen LogP contribution in [0.1, 0.15) is 19.3 Å². The summed E-state index contributed by atoms with van der Waals surface area (Å²) in [6.07, 6.45) is 2.50. The fourth-order valence-corrected chi connectivity index (χ4v) is 5.44. The summed E-state index contributed by atoms with van der Waals surface area (Å²) in [5.74, 6) is 0. The monoisotopic (exact) mass is 400 g/mol. The third-order valence-electron chi connectivity index (χ3n) is 3.13. The summed E-state index contributed by atoms with van der Waals surface area (Å²) in [6, 6.07) is 2.96. The molecule has 0 saturated carbocycles. The van der Waals surface area contributed by atoms with E-state index in [0.29, 0.717) is 4.47 Å². The second-order valence-electron chi connectivity index (χ2n) is 4.70. The van der Waals surface area contributed by atoms with Gasteiger partial charge in [-0.05, 0) is 44.5 Å². The van der Waals surface area contributed by atoms with Gasteiger partial charge in [-0.2, -0.15) is 0 Å². The molecule has 20 heavy (non-hydrogen) atoms. The maximum absolute atomic E-state index is 12.4. The Bertz CT molecular complexity index is 564. The number of sulfonamides is 1. The molecule has 1 fully saturated rings. The molecule has 0 amide bonds. The molecular weight excluding hydrogens is 387 g/mol. The molecule has 4 nitrogen and oxygen atoms in total. The molecular formula is C12H15BrCl2N2O2S.